The number of alkyl halides is 2. The first-order chi connectivity index (χ1) is 9.17. The van der Waals surface area contributed by atoms with Gasteiger partial charge < -0.3 is 4.57 Å². The molecule has 4 heteroatoms. The second kappa shape index (κ2) is 4.65. The lowest BCUT2D eigenvalue weighted by molar-refractivity contribution is 0.149. The average molecular weight is 260 g/mol. The third-order valence-electron chi connectivity index (χ3n) is 3.61. The Morgan fingerprint density at radius 1 is 1.37 bits per heavy atom. The molecule has 1 heterocycles. The summed E-state index contributed by atoms with van der Waals surface area (Å²) in [4.78, 5) is 0. The zero-order chi connectivity index (χ0) is 13.4. The van der Waals surface area contributed by atoms with Gasteiger partial charge >= 0.3 is 0 Å². The van der Waals surface area contributed by atoms with Crippen LogP contribution in [0, 0.1) is 17.2 Å². The van der Waals surface area contributed by atoms with E-state index in [0.717, 1.165) is 17.4 Å². The van der Waals surface area contributed by atoms with E-state index in [9.17, 15) is 8.78 Å². The van der Waals surface area contributed by atoms with Gasteiger partial charge in [0, 0.05) is 30.1 Å². The molecule has 1 saturated carbocycles. The molecule has 0 N–H and O–H groups in total. The lowest BCUT2D eigenvalue weighted by atomic mass is 10.1. The number of hydrogen-bond acceptors (Lipinski definition) is 1. The summed E-state index contributed by atoms with van der Waals surface area (Å²) in [6, 6.07) is 7.45. The van der Waals surface area contributed by atoms with E-state index in [1.165, 1.54) is 12.8 Å². The van der Waals surface area contributed by atoms with E-state index in [4.69, 9.17) is 5.26 Å². The molecule has 0 amide bonds. The van der Waals surface area contributed by atoms with E-state index in [2.05, 4.69) is 6.07 Å². The molecule has 0 atom stereocenters. The lowest BCUT2D eigenvalue weighted by Crippen LogP contribution is -2.00. The summed E-state index contributed by atoms with van der Waals surface area (Å²) in [6.07, 6.45) is 1.72. The molecule has 1 fully saturated rings. The predicted molar refractivity (Wildman–Crippen MR) is 69.1 cm³/mol. The maximum Gasteiger partial charge on any atom is 0.242 e. The maximum atomic E-state index is 12.5. The quantitative estimate of drug-likeness (QED) is 0.823. The molecule has 19 heavy (non-hydrogen) atoms. The highest BCUT2D eigenvalue weighted by Crippen LogP contribution is 2.33. The van der Waals surface area contributed by atoms with E-state index in [-0.39, 0.29) is 6.42 Å². The van der Waals surface area contributed by atoms with Crippen LogP contribution in [0.5, 0.6) is 0 Å². The van der Waals surface area contributed by atoms with Gasteiger partial charge in [0.05, 0.1) is 5.56 Å². The van der Waals surface area contributed by atoms with Crippen molar-refractivity contribution in [2.75, 3.05) is 0 Å². The van der Waals surface area contributed by atoms with Crippen LogP contribution in [0.4, 0.5) is 8.78 Å². The first-order valence-electron chi connectivity index (χ1n) is 6.47. The summed E-state index contributed by atoms with van der Waals surface area (Å²) in [5.41, 5.74) is 2.16. The number of benzene rings is 1. The highest BCUT2D eigenvalue weighted by Gasteiger charge is 2.23. The van der Waals surface area contributed by atoms with E-state index in [1.54, 1.807) is 18.2 Å². The van der Waals surface area contributed by atoms with Gasteiger partial charge in [0.1, 0.15) is 6.07 Å². The molecule has 0 bridgehead atoms. The molecule has 1 aliphatic rings. The van der Waals surface area contributed by atoms with Crippen LogP contribution in [0.25, 0.3) is 10.9 Å². The molecule has 0 spiro atoms. The van der Waals surface area contributed by atoms with Gasteiger partial charge in [0.2, 0.25) is 6.43 Å². The van der Waals surface area contributed by atoms with Crippen molar-refractivity contribution in [1.82, 2.24) is 4.57 Å². The Morgan fingerprint density at radius 2 is 2.16 bits per heavy atom. The van der Waals surface area contributed by atoms with Crippen molar-refractivity contribution < 1.29 is 8.78 Å². The van der Waals surface area contributed by atoms with Crippen molar-refractivity contribution in [1.29, 1.82) is 5.26 Å². The number of rotatable bonds is 4. The molecular formula is C15H14F2N2. The van der Waals surface area contributed by atoms with Gasteiger partial charge in [-0.3, -0.25) is 0 Å². The van der Waals surface area contributed by atoms with Crippen molar-refractivity contribution >= 4 is 10.9 Å². The smallest absolute Gasteiger partial charge is 0.242 e. The highest BCUT2D eigenvalue weighted by atomic mass is 19.3. The summed E-state index contributed by atoms with van der Waals surface area (Å²) in [5.74, 6) is 0.681. The minimum atomic E-state index is -2.33. The van der Waals surface area contributed by atoms with Crippen molar-refractivity contribution in [3.63, 3.8) is 0 Å². The van der Waals surface area contributed by atoms with Gasteiger partial charge in [0.15, 0.2) is 0 Å². The lowest BCUT2D eigenvalue weighted by Gasteiger charge is -2.06. The van der Waals surface area contributed by atoms with Crippen LogP contribution in [-0.4, -0.2) is 11.0 Å². The Hall–Kier alpha value is -1.89. The number of aromatic nitrogens is 1. The number of fused-ring (bicyclic) bond motifs is 1. The van der Waals surface area contributed by atoms with E-state index < -0.39 is 6.43 Å². The molecule has 1 aromatic carbocycles. The first kappa shape index (κ1) is 12.2. The summed E-state index contributed by atoms with van der Waals surface area (Å²) < 4.78 is 26.9. The van der Waals surface area contributed by atoms with Crippen LogP contribution < -0.4 is 0 Å². The Labute approximate surface area is 110 Å². The Kier molecular flexibility index (Phi) is 2.98. The third-order valence-corrected chi connectivity index (χ3v) is 3.61. The van der Waals surface area contributed by atoms with Crippen LogP contribution in [0.1, 0.15) is 24.0 Å². The summed E-state index contributed by atoms with van der Waals surface area (Å²) in [6.45, 7) is 0.885. The number of nitriles is 1. The third kappa shape index (κ3) is 2.46. The summed E-state index contributed by atoms with van der Waals surface area (Å²) >= 11 is 0. The Balaban J connectivity index is 2.05. The van der Waals surface area contributed by atoms with Gasteiger partial charge in [-0.05, 0) is 30.4 Å². The fourth-order valence-corrected chi connectivity index (χ4v) is 2.46. The fourth-order valence-electron chi connectivity index (χ4n) is 2.46. The standard InChI is InChI=1S/C15H14F2N2/c16-15(17)6-11-3-4-13-12(7-18)9-19(14(13)5-11)8-10-1-2-10/h3-5,9-10,15H,1-2,6,8H2. The molecule has 0 aliphatic heterocycles. The summed E-state index contributed by atoms with van der Waals surface area (Å²) in [7, 11) is 0. The number of nitrogens with zero attached hydrogens (tertiary/aromatic N) is 2. The van der Waals surface area contributed by atoms with E-state index in [0.29, 0.717) is 17.0 Å². The minimum absolute atomic E-state index is 0.230. The fraction of sp³-hybridized carbons (Fsp3) is 0.400. The average Bonchev–Trinajstić information content (AvgIpc) is 3.11. The molecule has 0 saturated heterocycles. The molecule has 0 radical (unpaired) electrons. The van der Waals surface area contributed by atoms with Crippen molar-refractivity contribution in [3.05, 3.63) is 35.5 Å². The number of halogens is 2. The SMILES string of the molecule is N#Cc1cn(CC2CC2)c2cc(CC(F)F)ccc12. The van der Waals surface area contributed by atoms with Crippen LogP contribution in [0.3, 0.4) is 0 Å². The van der Waals surface area contributed by atoms with E-state index in [1.807, 2.05) is 10.8 Å². The molecular weight excluding hydrogens is 246 g/mol. The van der Waals surface area contributed by atoms with Crippen LogP contribution in [0.15, 0.2) is 24.4 Å². The normalized spacial score (nSPS) is 15.1. The van der Waals surface area contributed by atoms with Crippen molar-refractivity contribution in [2.45, 2.75) is 32.2 Å². The summed E-state index contributed by atoms with van der Waals surface area (Å²) in [5, 5.41) is 9.99. The topological polar surface area (TPSA) is 28.7 Å². The van der Waals surface area contributed by atoms with Crippen LogP contribution >= 0.6 is 0 Å². The van der Waals surface area contributed by atoms with Gasteiger partial charge in [-0.15, -0.1) is 0 Å². The monoisotopic (exact) mass is 260 g/mol. The first-order valence-corrected chi connectivity index (χ1v) is 6.47. The van der Waals surface area contributed by atoms with Gasteiger partial charge in [-0.2, -0.15) is 5.26 Å². The van der Waals surface area contributed by atoms with Crippen LogP contribution in [-0.2, 0) is 13.0 Å². The van der Waals surface area contributed by atoms with E-state index >= 15 is 0 Å². The second-order valence-corrected chi connectivity index (χ2v) is 5.20. The maximum absolute atomic E-state index is 12.5. The van der Waals surface area contributed by atoms with Gasteiger partial charge in [0.25, 0.3) is 0 Å². The van der Waals surface area contributed by atoms with Crippen LogP contribution in [0.2, 0.25) is 0 Å². The van der Waals surface area contributed by atoms with Gasteiger partial charge in [-0.1, -0.05) is 12.1 Å². The second-order valence-electron chi connectivity index (χ2n) is 5.20. The van der Waals surface area contributed by atoms with Crippen molar-refractivity contribution in [3.8, 4) is 6.07 Å². The largest absolute Gasteiger partial charge is 0.346 e. The molecule has 2 aromatic rings. The van der Waals surface area contributed by atoms with Crippen molar-refractivity contribution in [2.24, 2.45) is 5.92 Å². The molecule has 0 unspecified atom stereocenters. The molecule has 98 valence electrons. The molecule has 1 aliphatic carbocycles. The highest BCUT2D eigenvalue weighted by molar-refractivity contribution is 5.87. The minimum Gasteiger partial charge on any atom is -0.346 e. The predicted octanol–water partition coefficient (Wildman–Crippen LogP) is 3.73. The Morgan fingerprint density at radius 3 is 2.79 bits per heavy atom. The molecule has 1 aromatic heterocycles. The molecule has 3 rings (SSSR count). The zero-order valence-electron chi connectivity index (χ0n) is 10.4. The Bertz CT molecular complexity index is 648. The van der Waals surface area contributed by atoms with Gasteiger partial charge in [-0.25, -0.2) is 8.78 Å². The number of hydrogen-bond donors (Lipinski definition) is 0. The molecule has 2 nitrogen and oxygen atoms in total. The zero-order valence-corrected chi connectivity index (χ0v) is 10.4.